The third-order valence-electron chi connectivity index (χ3n) is 5.16. The van der Waals surface area contributed by atoms with Crippen molar-refractivity contribution >= 4 is 34.4 Å². The van der Waals surface area contributed by atoms with Crippen LogP contribution in [-0.4, -0.2) is 36.8 Å². The van der Waals surface area contributed by atoms with Gasteiger partial charge in [-0.05, 0) is 38.8 Å². The van der Waals surface area contributed by atoms with Gasteiger partial charge in [-0.25, -0.2) is 4.98 Å². The Balaban J connectivity index is 1.53. The number of fused-ring (bicyclic) bond motifs is 1. The standard InChI is InChI=1S/C21H24N8O/c1-12(2)29-11-22-18-19(24-17-10-16(27-28-17)13-7-8-13)25-21(26-20(18)29)23-14-5-4-6-15(9-14)30-3/h4-6,9-13H,7-8H2,1-3H3,(H3,23,24,25,26,27,28). The average molecular weight is 404 g/mol. The van der Waals surface area contributed by atoms with Gasteiger partial charge in [-0.3, -0.25) is 5.10 Å². The first kappa shape index (κ1) is 18.4. The second-order valence-corrected chi connectivity index (χ2v) is 7.78. The van der Waals surface area contributed by atoms with E-state index in [0.29, 0.717) is 23.2 Å². The topological polar surface area (TPSA) is 106 Å². The summed E-state index contributed by atoms with van der Waals surface area (Å²) in [6, 6.07) is 9.91. The maximum Gasteiger partial charge on any atom is 0.231 e. The molecule has 9 heteroatoms. The molecule has 9 nitrogen and oxygen atoms in total. The van der Waals surface area contributed by atoms with E-state index in [1.54, 1.807) is 13.4 Å². The molecule has 0 atom stereocenters. The van der Waals surface area contributed by atoms with Crippen molar-refractivity contribution in [1.82, 2.24) is 29.7 Å². The van der Waals surface area contributed by atoms with Crippen molar-refractivity contribution in [3.63, 3.8) is 0 Å². The molecule has 0 saturated heterocycles. The number of nitrogens with one attached hydrogen (secondary N) is 3. The first-order chi connectivity index (χ1) is 14.6. The summed E-state index contributed by atoms with van der Waals surface area (Å²) < 4.78 is 7.34. The summed E-state index contributed by atoms with van der Waals surface area (Å²) in [5, 5.41) is 14.1. The average Bonchev–Trinajstić information content (AvgIpc) is 3.32. The van der Waals surface area contributed by atoms with Gasteiger partial charge in [0.15, 0.2) is 22.8 Å². The third kappa shape index (κ3) is 3.54. The zero-order chi connectivity index (χ0) is 20.7. The molecular weight excluding hydrogens is 380 g/mol. The lowest BCUT2D eigenvalue weighted by Gasteiger charge is -2.11. The monoisotopic (exact) mass is 404 g/mol. The van der Waals surface area contributed by atoms with E-state index >= 15 is 0 Å². The van der Waals surface area contributed by atoms with E-state index in [9.17, 15) is 0 Å². The number of imidazole rings is 1. The van der Waals surface area contributed by atoms with Crippen molar-refractivity contribution in [2.75, 3.05) is 17.7 Å². The van der Waals surface area contributed by atoms with E-state index in [1.807, 2.05) is 34.9 Å². The molecule has 0 unspecified atom stereocenters. The Labute approximate surface area is 173 Å². The molecule has 3 aromatic heterocycles. The second-order valence-electron chi connectivity index (χ2n) is 7.78. The lowest BCUT2D eigenvalue weighted by atomic mass is 10.3. The highest BCUT2D eigenvalue weighted by Gasteiger charge is 2.26. The lowest BCUT2D eigenvalue weighted by molar-refractivity contribution is 0.415. The maximum atomic E-state index is 5.31. The number of aromatic nitrogens is 6. The highest BCUT2D eigenvalue weighted by Crippen LogP contribution is 2.39. The van der Waals surface area contributed by atoms with Crippen LogP contribution >= 0.6 is 0 Å². The zero-order valence-corrected chi connectivity index (χ0v) is 17.2. The Bertz CT molecular complexity index is 1190. The Kier molecular flexibility index (Phi) is 4.50. The van der Waals surface area contributed by atoms with Gasteiger partial charge < -0.3 is 19.9 Å². The molecule has 1 saturated carbocycles. The van der Waals surface area contributed by atoms with Crippen molar-refractivity contribution < 1.29 is 4.74 Å². The van der Waals surface area contributed by atoms with Crippen molar-refractivity contribution in [2.24, 2.45) is 0 Å². The SMILES string of the molecule is COc1cccc(Nc2nc(Nc3cc(C4CC4)[nH]n3)c3ncn(C(C)C)c3n2)c1. The molecule has 0 amide bonds. The van der Waals surface area contributed by atoms with Crippen LogP contribution in [0.4, 0.5) is 23.3 Å². The van der Waals surface area contributed by atoms with Gasteiger partial charge in [-0.2, -0.15) is 15.1 Å². The molecule has 0 spiro atoms. The van der Waals surface area contributed by atoms with Gasteiger partial charge >= 0.3 is 0 Å². The van der Waals surface area contributed by atoms with Crippen molar-refractivity contribution in [1.29, 1.82) is 0 Å². The smallest absolute Gasteiger partial charge is 0.231 e. The minimum Gasteiger partial charge on any atom is -0.497 e. The Hall–Kier alpha value is -3.62. The van der Waals surface area contributed by atoms with Crippen LogP contribution in [0.25, 0.3) is 11.2 Å². The van der Waals surface area contributed by atoms with Crippen LogP contribution in [0, 0.1) is 0 Å². The number of methoxy groups -OCH3 is 1. The molecule has 0 radical (unpaired) electrons. The van der Waals surface area contributed by atoms with E-state index in [2.05, 4.69) is 44.6 Å². The van der Waals surface area contributed by atoms with Gasteiger partial charge in [0.1, 0.15) is 5.75 Å². The highest BCUT2D eigenvalue weighted by molar-refractivity contribution is 5.86. The highest BCUT2D eigenvalue weighted by atomic mass is 16.5. The summed E-state index contributed by atoms with van der Waals surface area (Å²) in [6.07, 6.45) is 4.23. The van der Waals surface area contributed by atoms with Gasteiger partial charge in [0.05, 0.1) is 13.4 Å². The molecule has 3 N–H and O–H groups in total. The lowest BCUT2D eigenvalue weighted by Crippen LogP contribution is -2.05. The maximum absolute atomic E-state index is 5.31. The van der Waals surface area contributed by atoms with Crippen LogP contribution in [0.3, 0.4) is 0 Å². The normalized spacial score (nSPS) is 13.7. The van der Waals surface area contributed by atoms with Gasteiger partial charge in [-0.15, -0.1) is 0 Å². The minimum atomic E-state index is 0.217. The molecule has 3 heterocycles. The fraction of sp³-hybridized carbons (Fsp3) is 0.333. The minimum absolute atomic E-state index is 0.217. The van der Waals surface area contributed by atoms with Crippen LogP contribution in [0.1, 0.15) is 44.3 Å². The number of hydrogen-bond acceptors (Lipinski definition) is 7. The molecule has 1 aliphatic carbocycles. The fourth-order valence-corrected chi connectivity index (χ4v) is 3.39. The fourth-order valence-electron chi connectivity index (χ4n) is 3.39. The first-order valence-corrected chi connectivity index (χ1v) is 10.1. The molecule has 1 fully saturated rings. The first-order valence-electron chi connectivity index (χ1n) is 10.1. The number of hydrogen-bond donors (Lipinski definition) is 3. The molecule has 30 heavy (non-hydrogen) atoms. The summed E-state index contributed by atoms with van der Waals surface area (Å²) in [7, 11) is 1.64. The summed E-state index contributed by atoms with van der Waals surface area (Å²) in [5.41, 5.74) is 3.46. The predicted molar refractivity (Wildman–Crippen MR) is 116 cm³/mol. The Morgan fingerprint density at radius 3 is 2.80 bits per heavy atom. The number of anilines is 4. The van der Waals surface area contributed by atoms with Crippen molar-refractivity contribution in [3.05, 3.63) is 42.4 Å². The van der Waals surface area contributed by atoms with Crippen molar-refractivity contribution in [2.45, 2.75) is 38.6 Å². The van der Waals surface area contributed by atoms with Crippen LogP contribution in [0.5, 0.6) is 5.75 Å². The van der Waals surface area contributed by atoms with Crippen molar-refractivity contribution in [3.8, 4) is 5.75 Å². The number of aromatic amines is 1. The molecule has 5 rings (SSSR count). The summed E-state index contributed by atoms with van der Waals surface area (Å²) in [4.78, 5) is 14.0. The Morgan fingerprint density at radius 1 is 1.17 bits per heavy atom. The molecule has 0 bridgehead atoms. The van der Waals surface area contributed by atoms with Crippen LogP contribution in [0.15, 0.2) is 36.7 Å². The summed E-state index contributed by atoms with van der Waals surface area (Å²) in [6.45, 7) is 4.20. The molecule has 1 aliphatic rings. The third-order valence-corrected chi connectivity index (χ3v) is 5.16. The molecule has 0 aliphatic heterocycles. The summed E-state index contributed by atoms with van der Waals surface area (Å²) in [5.74, 6) is 3.17. The second kappa shape index (κ2) is 7.33. The number of benzene rings is 1. The molecule has 4 aromatic rings. The molecule has 154 valence electrons. The van der Waals surface area contributed by atoms with E-state index in [1.165, 1.54) is 12.8 Å². The van der Waals surface area contributed by atoms with Gasteiger partial charge in [0, 0.05) is 35.5 Å². The number of ether oxygens (including phenoxy) is 1. The van der Waals surface area contributed by atoms with Crippen LogP contribution in [-0.2, 0) is 0 Å². The van der Waals surface area contributed by atoms with E-state index in [0.717, 1.165) is 28.6 Å². The van der Waals surface area contributed by atoms with Crippen LogP contribution < -0.4 is 15.4 Å². The molecular formula is C21H24N8O. The largest absolute Gasteiger partial charge is 0.497 e. The quantitative estimate of drug-likeness (QED) is 0.416. The van der Waals surface area contributed by atoms with Gasteiger partial charge in [0.25, 0.3) is 0 Å². The van der Waals surface area contributed by atoms with Crippen LogP contribution in [0.2, 0.25) is 0 Å². The van der Waals surface area contributed by atoms with Gasteiger partial charge in [0.2, 0.25) is 5.95 Å². The van der Waals surface area contributed by atoms with E-state index < -0.39 is 0 Å². The summed E-state index contributed by atoms with van der Waals surface area (Å²) >= 11 is 0. The van der Waals surface area contributed by atoms with Gasteiger partial charge in [-0.1, -0.05) is 6.07 Å². The molecule has 1 aromatic carbocycles. The Morgan fingerprint density at radius 2 is 2.03 bits per heavy atom. The number of H-pyrrole nitrogens is 1. The number of nitrogens with zero attached hydrogens (tertiary/aromatic N) is 5. The van der Waals surface area contributed by atoms with E-state index in [4.69, 9.17) is 9.72 Å². The zero-order valence-electron chi connectivity index (χ0n) is 17.2. The van der Waals surface area contributed by atoms with E-state index in [-0.39, 0.29) is 6.04 Å². The predicted octanol–water partition coefficient (Wildman–Crippen LogP) is 4.50. The number of rotatable bonds is 7.